The number of carboxylic acid groups (broad SMARTS) is 2. The fourth-order valence-corrected chi connectivity index (χ4v) is 2.48. The van der Waals surface area contributed by atoms with Gasteiger partial charge in [-0.15, -0.1) is 0 Å². The van der Waals surface area contributed by atoms with E-state index in [2.05, 4.69) is 10.6 Å². The van der Waals surface area contributed by atoms with Gasteiger partial charge in [-0.05, 0) is 24.8 Å². The summed E-state index contributed by atoms with van der Waals surface area (Å²) in [7, 11) is 0. The summed E-state index contributed by atoms with van der Waals surface area (Å²) in [6.45, 7) is 0. The Morgan fingerprint density at radius 1 is 0.931 bits per heavy atom. The summed E-state index contributed by atoms with van der Waals surface area (Å²) < 4.78 is 0. The monoisotopic (exact) mass is 406 g/mol. The molecule has 0 saturated heterocycles. The van der Waals surface area contributed by atoms with E-state index < -0.39 is 48.3 Å². The Labute approximate surface area is 167 Å². The molecule has 0 spiro atoms. The van der Waals surface area contributed by atoms with Crippen molar-refractivity contribution < 1.29 is 34.2 Å². The molecule has 0 aliphatic carbocycles. The molecule has 0 aliphatic rings. The number of carbonyl (C=O) groups excluding carboxylic acids is 3. The predicted molar refractivity (Wildman–Crippen MR) is 101 cm³/mol. The van der Waals surface area contributed by atoms with Gasteiger partial charge in [0, 0.05) is 12.8 Å². The fraction of sp³-hybridized carbons (Fsp3) is 0.421. The Kier molecular flexibility index (Phi) is 10.0. The molecule has 0 aromatic heterocycles. The molecule has 1 radical (unpaired) electrons. The minimum absolute atomic E-state index is 0.183. The number of carbonyl (C=O) groups is 4. The van der Waals surface area contributed by atoms with Crippen molar-refractivity contribution in [1.82, 2.24) is 10.6 Å². The van der Waals surface area contributed by atoms with Crippen LogP contribution < -0.4 is 16.4 Å². The molecule has 0 fully saturated rings. The number of amides is 2. The van der Waals surface area contributed by atoms with Crippen LogP contribution >= 0.6 is 0 Å². The summed E-state index contributed by atoms with van der Waals surface area (Å²) in [6.07, 6.45) is 0.547. The first kappa shape index (κ1) is 23.8. The van der Waals surface area contributed by atoms with Gasteiger partial charge in [-0.1, -0.05) is 30.3 Å². The largest absolute Gasteiger partial charge is 0.481 e. The highest BCUT2D eigenvalue weighted by atomic mass is 16.4. The normalized spacial score (nSPS) is 13.6. The third-order valence-corrected chi connectivity index (χ3v) is 4.02. The van der Waals surface area contributed by atoms with E-state index in [1.54, 1.807) is 24.3 Å². The van der Waals surface area contributed by atoms with Gasteiger partial charge in [-0.3, -0.25) is 24.0 Å². The Morgan fingerprint density at radius 3 is 2.07 bits per heavy atom. The van der Waals surface area contributed by atoms with Crippen LogP contribution in [0.1, 0.15) is 31.2 Å². The Balaban J connectivity index is 2.75. The highest BCUT2D eigenvalue weighted by molar-refractivity contribution is 5.91. The topological polar surface area (TPSA) is 176 Å². The van der Waals surface area contributed by atoms with Gasteiger partial charge in [0.1, 0.15) is 6.04 Å². The highest BCUT2D eigenvalue weighted by Gasteiger charge is 2.26. The number of nitrogens with two attached hydrogens (primary N) is 1. The number of rotatable bonds is 13. The predicted octanol–water partition coefficient (Wildman–Crippen LogP) is -0.635. The fourth-order valence-electron chi connectivity index (χ4n) is 2.48. The Bertz CT molecular complexity index is 724. The molecule has 10 heteroatoms. The first-order valence-corrected chi connectivity index (χ1v) is 8.94. The molecule has 1 rings (SSSR count). The number of hydrogen-bond donors (Lipinski definition) is 5. The van der Waals surface area contributed by atoms with Gasteiger partial charge >= 0.3 is 11.9 Å². The Morgan fingerprint density at radius 2 is 1.52 bits per heavy atom. The van der Waals surface area contributed by atoms with Crippen LogP contribution in [0.4, 0.5) is 0 Å². The van der Waals surface area contributed by atoms with Crippen LogP contribution in [-0.4, -0.2) is 58.4 Å². The second-order valence-electron chi connectivity index (χ2n) is 6.40. The molecule has 0 bridgehead atoms. The van der Waals surface area contributed by atoms with Crippen LogP contribution in [0.5, 0.6) is 0 Å². The van der Waals surface area contributed by atoms with E-state index in [1.165, 1.54) is 6.29 Å². The van der Waals surface area contributed by atoms with E-state index in [1.807, 2.05) is 6.07 Å². The van der Waals surface area contributed by atoms with E-state index >= 15 is 0 Å². The van der Waals surface area contributed by atoms with Crippen molar-refractivity contribution in [2.45, 2.75) is 50.2 Å². The van der Waals surface area contributed by atoms with Crippen LogP contribution in [0, 0.1) is 0 Å². The number of nitrogens with one attached hydrogen (secondary N) is 2. The van der Waals surface area contributed by atoms with E-state index in [9.17, 15) is 24.0 Å². The second-order valence-corrected chi connectivity index (χ2v) is 6.40. The average Bonchev–Trinajstić information content (AvgIpc) is 2.68. The zero-order chi connectivity index (χ0) is 21.8. The minimum atomic E-state index is -1.25. The maximum absolute atomic E-state index is 12.4. The number of aliphatic carboxylic acids is 2. The number of carboxylic acids is 2. The van der Waals surface area contributed by atoms with E-state index in [-0.39, 0.29) is 25.7 Å². The van der Waals surface area contributed by atoms with Crippen molar-refractivity contribution in [3.05, 3.63) is 35.9 Å². The van der Waals surface area contributed by atoms with Crippen molar-refractivity contribution in [3.63, 3.8) is 0 Å². The van der Waals surface area contributed by atoms with Crippen molar-refractivity contribution in [2.75, 3.05) is 0 Å². The molecule has 29 heavy (non-hydrogen) atoms. The molecule has 1 aromatic rings. The summed E-state index contributed by atoms with van der Waals surface area (Å²) in [5.41, 5.74) is 6.69. The third-order valence-electron chi connectivity index (χ3n) is 4.02. The lowest BCUT2D eigenvalue weighted by Gasteiger charge is -2.22. The quantitative estimate of drug-likeness (QED) is 0.287. The molecule has 0 aliphatic heterocycles. The molecular formula is C19H24N3O7. The van der Waals surface area contributed by atoms with Gasteiger partial charge in [0.25, 0.3) is 0 Å². The molecule has 0 unspecified atom stereocenters. The van der Waals surface area contributed by atoms with Crippen molar-refractivity contribution in [3.8, 4) is 0 Å². The van der Waals surface area contributed by atoms with Gasteiger partial charge in [0.2, 0.25) is 18.1 Å². The lowest BCUT2D eigenvalue weighted by Crippen LogP contribution is -2.54. The van der Waals surface area contributed by atoms with Gasteiger partial charge in [-0.2, -0.15) is 0 Å². The van der Waals surface area contributed by atoms with Gasteiger partial charge in [0.05, 0.1) is 12.1 Å². The van der Waals surface area contributed by atoms with E-state index in [4.69, 9.17) is 15.9 Å². The van der Waals surface area contributed by atoms with Crippen molar-refractivity contribution >= 4 is 30.0 Å². The maximum atomic E-state index is 12.4. The molecule has 1 aromatic carbocycles. The van der Waals surface area contributed by atoms with Crippen LogP contribution in [0.2, 0.25) is 0 Å². The minimum Gasteiger partial charge on any atom is -0.481 e. The molecule has 6 N–H and O–H groups in total. The maximum Gasteiger partial charge on any atom is 0.303 e. The van der Waals surface area contributed by atoms with Gasteiger partial charge in [0.15, 0.2) is 0 Å². The number of hydrogen-bond acceptors (Lipinski definition) is 6. The summed E-state index contributed by atoms with van der Waals surface area (Å²) in [5.74, 6) is -3.79. The SMILES string of the molecule is N[C@@H](Cc1ccccc1)C(=O)N[C@@H](CCC(=O)O)C(=O)N[C@H]([C]=O)CCC(=O)O. The molecular weight excluding hydrogens is 382 g/mol. The van der Waals surface area contributed by atoms with E-state index in [0.29, 0.717) is 0 Å². The highest BCUT2D eigenvalue weighted by Crippen LogP contribution is 2.05. The molecule has 2 amide bonds. The first-order chi connectivity index (χ1) is 13.7. The molecule has 10 nitrogen and oxygen atoms in total. The van der Waals surface area contributed by atoms with Crippen LogP contribution in [0.15, 0.2) is 30.3 Å². The Hall–Kier alpha value is -3.27. The number of benzene rings is 1. The van der Waals surface area contributed by atoms with Gasteiger partial charge in [-0.25, -0.2) is 0 Å². The van der Waals surface area contributed by atoms with Crippen LogP contribution in [0.3, 0.4) is 0 Å². The third kappa shape index (κ3) is 9.47. The molecule has 157 valence electrons. The lowest BCUT2D eigenvalue weighted by molar-refractivity contribution is -0.139. The summed E-state index contributed by atoms with van der Waals surface area (Å²) >= 11 is 0. The van der Waals surface area contributed by atoms with E-state index in [0.717, 1.165) is 5.56 Å². The van der Waals surface area contributed by atoms with Gasteiger partial charge < -0.3 is 26.6 Å². The smallest absolute Gasteiger partial charge is 0.303 e. The zero-order valence-electron chi connectivity index (χ0n) is 15.7. The molecule has 3 atom stereocenters. The summed E-state index contributed by atoms with van der Waals surface area (Å²) in [4.78, 5) is 57.2. The lowest BCUT2D eigenvalue weighted by atomic mass is 10.0. The standard InChI is InChI=1S/C19H24N3O7/c20-14(10-12-4-2-1-3-5-12)18(28)22-15(7-9-17(26)27)19(29)21-13(11-23)6-8-16(24)25/h1-5,13-15H,6-10,20H2,(H,21,29)(H,22,28)(H,24,25)(H,26,27)/t13-,14-,15-/m0/s1. The van der Waals surface area contributed by atoms with Crippen molar-refractivity contribution in [1.29, 1.82) is 0 Å². The summed E-state index contributed by atoms with van der Waals surface area (Å²) in [6, 6.07) is 5.54. The van der Waals surface area contributed by atoms with Crippen LogP contribution in [0.25, 0.3) is 0 Å². The molecule has 0 heterocycles. The zero-order valence-corrected chi connectivity index (χ0v) is 15.7. The first-order valence-electron chi connectivity index (χ1n) is 8.94. The second kappa shape index (κ2) is 12.2. The van der Waals surface area contributed by atoms with Crippen molar-refractivity contribution in [2.24, 2.45) is 5.73 Å². The summed E-state index contributed by atoms with van der Waals surface area (Å²) in [5, 5.41) is 22.2. The average molecular weight is 406 g/mol. The molecule has 0 saturated carbocycles. The van der Waals surface area contributed by atoms with Crippen LogP contribution in [-0.2, 0) is 30.4 Å².